The first-order valence-corrected chi connectivity index (χ1v) is 21.8. The highest BCUT2D eigenvalue weighted by Gasteiger charge is 2.36. The van der Waals surface area contributed by atoms with Crippen molar-refractivity contribution >= 4 is 44.9 Å². The number of hydrogen-bond acceptors (Lipinski definition) is 2. The Morgan fingerprint density at radius 1 is 0.286 bits per heavy atom. The summed E-state index contributed by atoms with van der Waals surface area (Å²) in [5, 5.41) is 2.42. The van der Waals surface area contributed by atoms with E-state index in [0.29, 0.717) is 0 Å². The van der Waals surface area contributed by atoms with E-state index in [1.54, 1.807) is 0 Å². The molecule has 1 aliphatic rings. The fourth-order valence-electron chi connectivity index (χ4n) is 9.85. The van der Waals surface area contributed by atoms with Crippen LogP contribution in [0.4, 0.5) is 34.1 Å². The average Bonchev–Trinajstić information content (AvgIpc) is 3.57. The first-order chi connectivity index (χ1) is 31.0. The summed E-state index contributed by atoms with van der Waals surface area (Å²) < 4.78 is 0. The van der Waals surface area contributed by atoms with Crippen LogP contribution < -0.4 is 9.80 Å². The highest BCUT2D eigenvalue weighted by molar-refractivity contribution is 6.10. The van der Waals surface area contributed by atoms with Crippen LogP contribution >= 0.6 is 0 Å². The van der Waals surface area contributed by atoms with E-state index in [-0.39, 0.29) is 5.41 Å². The molecule has 0 heterocycles. The molecule has 2 nitrogen and oxygen atoms in total. The molecule has 0 unspecified atom stereocenters. The molecule has 10 aromatic carbocycles. The van der Waals surface area contributed by atoms with Crippen molar-refractivity contribution in [1.29, 1.82) is 0 Å². The Kier molecular flexibility index (Phi) is 9.55. The minimum atomic E-state index is -0.158. The van der Waals surface area contributed by atoms with Gasteiger partial charge in [-0.2, -0.15) is 0 Å². The van der Waals surface area contributed by atoms with E-state index < -0.39 is 0 Å². The molecule has 0 fully saturated rings. The largest absolute Gasteiger partial charge is 0.310 e. The lowest BCUT2D eigenvalue weighted by Crippen LogP contribution is -2.17. The van der Waals surface area contributed by atoms with Crippen molar-refractivity contribution in [3.63, 3.8) is 0 Å². The van der Waals surface area contributed by atoms with Crippen molar-refractivity contribution in [1.82, 2.24) is 0 Å². The first kappa shape index (κ1) is 38.0. The average molecular weight is 807 g/mol. The molecule has 1 aliphatic carbocycles. The molecular weight excluding hydrogens is 761 g/mol. The normalized spacial score (nSPS) is 12.4. The van der Waals surface area contributed by atoms with E-state index in [4.69, 9.17) is 0 Å². The van der Waals surface area contributed by atoms with Crippen LogP contribution in [0.3, 0.4) is 0 Å². The van der Waals surface area contributed by atoms with E-state index in [2.05, 4.69) is 266 Å². The predicted octanol–water partition coefficient (Wildman–Crippen LogP) is 17.1. The first-order valence-electron chi connectivity index (χ1n) is 21.8. The van der Waals surface area contributed by atoms with E-state index in [0.717, 1.165) is 39.7 Å². The number of nitrogens with zero attached hydrogens (tertiary/aromatic N) is 2. The Hall–Kier alpha value is -7.94. The van der Waals surface area contributed by atoms with Gasteiger partial charge in [0.15, 0.2) is 0 Å². The van der Waals surface area contributed by atoms with Crippen LogP contribution in [0.5, 0.6) is 0 Å². The fourth-order valence-corrected chi connectivity index (χ4v) is 9.85. The molecule has 0 saturated heterocycles. The van der Waals surface area contributed by atoms with Crippen molar-refractivity contribution in [2.24, 2.45) is 0 Å². The molecule has 0 bridgehead atoms. The van der Waals surface area contributed by atoms with Gasteiger partial charge < -0.3 is 9.80 Å². The maximum atomic E-state index is 2.45. The van der Waals surface area contributed by atoms with E-state index >= 15 is 0 Å². The Bertz CT molecular complexity index is 3190. The van der Waals surface area contributed by atoms with Gasteiger partial charge in [0.25, 0.3) is 0 Å². The standard InChI is InChI=1S/C61H46N2/c1-61(2)57-35-21-20-34-54(57)55-37-36-50(42-58(55)61)63(49-31-16-7-17-32-49)52-39-46(38-51(41-52)62(47-27-12-5-13-28-47)48-29-14-6-15-30-48)60-56(43-22-8-3-9-23-43)40-45-26-18-19-33-53(45)59(60)44-24-10-4-11-25-44/h3-42H,1-2H3. The van der Waals surface area contributed by atoms with Crippen LogP contribution in [0.1, 0.15) is 25.0 Å². The minimum Gasteiger partial charge on any atom is -0.310 e. The summed E-state index contributed by atoms with van der Waals surface area (Å²) in [6, 6.07) is 88.6. The molecule has 10 aromatic rings. The molecule has 2 heteroatoms. The van der Waals surface area contributed by atoms with Gasteiger partial charge in [-0.1, -0.05) is 184 Å². The van der Waals surface area contributed by atoms with Crippen molar-refractivity contribution in [2.75, 3.05) is 9.80 Å². The zero-order valence-corrected chi connectivity index (χ0v) is 35.5. The number of anilines is 6. The van der Waals surface area contributed by atoms with Gasteiger partial charge in [0, 0.05) is 39.5 Å². The maximum Gasteiger partial charge on any atom is 0.0488 e. The van der Waals surface area contributed by atoms with Crippen molar-refractivity contribution in [3.05, 3.63) is 254 Å². The molecule has 0 radical (unpaired) electrons. The molecule has 0 atom stereocenters. The number of para-hydroxylation sites is 3. The fraction of sp³-hybridized carbons (Fsp3) is 0.0492. The van der Waals surface area contributed by atoms with E-state index in [1.807, 2.05) is 0 Å². The Labute approximate surface area is 370 Å². The van der Waals surface area contributed by atoms with Gasteiger partial charge >= 0.3 is 0 Å². The summed E-state index contributed by atoms with van der Waals surface area (Å²) >= 11 is 0. The predicted molar refractivity (Wildman–Crippen MR) is 267 cm³/mol. The number of fused-ring (bicyclic) bond motifs is 4. The summed E-state index contributed by atoms with van der Waals surface area (Å²) in [4.78, 5) is 4.84. The number of benzene rings is 10. The smallest absolute Gasteiger partial charge is 0.0488 e. The summed E-state index contributed by atoms with van der Waals surface area (Å²) in [7, 11) is 0. The second-order valence-corrected chi connectivity index (χ2v) is 16.9. The topological polar surface area (TPSA) is 6.48 Å². The van der Waals surface area contributed by atoms with Crippen LogP contribution in [0.2, 0.25) is 0 Å². The van der Waals surface area contributed by atoms with Gasteiger partial charge in [-0.05, 0) is 139 Å². The third-order valence-electron chi connectivity index (χ3n) is 12.8. The van der Waals surface area contributed by atoms with Crippen LogP contribution in [0.15, 0.2) is 243 Å². The van der Waals surface area contributed by atoms with Gasteiger partial charge in [-0.25, -0.2) is 0 Å². The van der Waals surface area contributed by atoms with Crippen LogP contribution in [0.25, 0.3) is 55.3 Å². The highest BCUT2D eigenvalue weighted by Crippen LogP contribution is 2.52. The summed E-state index contributed by atoms with van der Waals surface area (Å²) in [6.45, 7) is 4.72. The zero-order valence-electron chi connectivity index (χ0n) is 35.5. The quantitative estimate of drug-likeness (QED) is 0.143. The van der Waals surface area contributed by atoms with Gasteiger partial charge in [-0.3, -0.25) is 0 Å². The summed E-state index contributed by atoms with van der Waals surface area (Å²) in [5.74, 6) is 0. The van der Waals surface area contributed by atoms with Crippen molar-refractivity contribution in [3.8, 4) is 44.5 Å². The van der Waals surface area contributed by atoms with Gasteiger partial charge in [0.1, 0.15) is 0 Å². The lowest BCUT2D eigenvalue weighted by molar-refractivity contribution is 0.660. The molecule has 300 valence electrons. The van der Waals surface area contributed by atoms with Crippen molar-refractivity contribution in [2.45, 2.75) is 19.3 Å². The maximum absolute atomic E-state index is 2.45. The van der Waals surface area contributed by atoms with E-state index in [9.17, 15) is 0 Å². The second kappa shape index (κ2) is 15.8. The molecule has 0 amide bonds. The monoisotopic (exact) mass is 806 g/mol. The summed E-state index contributed by atoms with van der Waals surface area (Å²) in [5.41, 5.74) is 18.7. The minimum absolute atomic E-state index is 0.158. The van der Waals surface area contributed by atoms with Gasteiger partial charge in [-0.15, -0.1) is 0 Å². The second-order valence-electron chi connectivity index (χ2n) is 16.9. The number of rotatable bonds is 9. The molecule has 63 heavy (non-hydrogen) atoms. The number of hydrogen-bond donors (Lipinski definition) is 0. The third kappa shape index (κ3) is 6.77. The lowest BCUT2D eigenvalue weighted by Gasteiger charge is -2.31. The SMILES string of the molecule is CC1(C)c2ccccc2-c2ccc(N(c3ccccc3)c3cc(-c4c(-c5ccccc5)cc5ccccc5c4-c4ccccc4)cc(N(c4ccccc4)c4ccccc4)c3)cc21. The molecular formula is C61H46N2. The Morgan fingerprint density at radius 3 is 1.37 bits per heavy atom. The molecule has 11 rings (SSSR count). The van der Waals surface area contributed by atoms with E-state index in [1.165, 1.54) is 60.8 Å². The van der Waals surface area contributed by atoms with Gasteiger partial charge in [0.2, 0.25) is 0 Å². The third-order valence-corrected chi connectivity index (χ3v) is 12.8. The Balaban J connectivity index is 1.25. The molecule has 0 aromatic heterocycles. The lowest BCUT2D eigenvalue weighted by atomic mass is 9.82. The molecule has 0 spiro atoms. The van der Waals surface area contributed by atoms with Crippen molar-refractivity contribution < 1.29 is 0 Å². The summed E-state index contributed by atoms with van der Waals surface area (Å²) in [6.07, 6.45) is 0. The zero-order chi connectivity index (χ0) is 42.3. The molecule has 0 aliphatic heterocycles. The highest BCUT2D eigenvalue weighted by atomic mass is 15.2. The van der Waals surface area contributed by atoms with Crippen LogP contribution in [-0.2, 0) is 5.41 Å². The molecule has 0 saturated carbocycles. The van der Waals surface area contributed by atoms with Crippen LogP contribution in [0, 0.1) is 0 Å². The molecule has 0 N–H and O–H groups in total. The van der Waals surface area contributed by atoms with Crippen LogP contribution in [-0.4, -0.2) is 0 Å². The van der Waals surface area contributed by atoms with Gasteiger partial charge in [0.05, 0.1) is 0 Å². The Morgan fingerprint density at radius 2 is 0.762 bits per heavy atom.